The SMILES string of the molecule is NC(C(=O)c1ccc(Cl)cc1)c1ccccc1. The Morgan fingerprint density at radius 2 is 1.59 bits per heavy atom. The molecule has 0 saturated heterocycles. The van der Waals surface area contributed by atoms with E-state index in [1.165, 1.54) is 0 Å². The quantitative estimate of drug-likeness (QED) is 0.844. The molecule has 2 nitrogen and oxygen atoms in total. The lowest BCUT2D eigenvalue weighted by Gasteiger charge is -2.10. The molecule has 86 valence electrons. The van der Waals surface area contributed by atoms with Crippen LogP contribution in [0, 0.1) is 0 Å². The molecular weight excluding hydrogens is 234 g/mol. The van der Waals surface area contributed by atoms with Crippen molar-refractivity contribution in [2.24, 2.45) is 5.73 Å². The number of carbonyl (C=O) groups excluding carboxylic acids is 1. The molecule has 0 saturated carbocycles. The number of rotatable bonds is 3. The Labute approximate surface area is 105 Å². The van der Waals surface area contributed by atoms with Crippen molar-refractivity contribution in [3.8, 4) is 0 Å². The van der Waals surface area contributed by atoms with E-state index in [2.05, 4.69) is 0 Å². The van der Waals surface area contributed by atoms with Crippen LogP contribution in [0.4, 0.5) is 0 Å². The fourth-order valence-electron chi connectivity index (χ4n) is 1.61. The number of hydrogen-bond acceptors (Lipinski definition) is 2. The Morgan fingerprint density at radius 1 is 1.00 bits per heavy atom. The molecule has 0 heterocycles. The van der Waals surface area contributed by atoms with Crippen LogP contribution in [0.5, 0.6) is 0 Å². The van der Waals surface area contributed by atoms with Crippen LogP contribution in [0.2, 0.25) is 5.02 Å². The Morgan fingerprint density at radius 3 is 2.18 bits per heavy atom. The Hall–Kier alpha value is -1.64. The van der Waals surface area contributed by atoms with Crippen molar-refractivity contribution in [2.75, 3.05) is 0 Å². The Kier molecular flexibility index (Phi) is 3.57. The normalized spacial score (nSPS) is 12.1. The van der Waals surface area contributed by atoms with Crippen LogP contribution >= 0.6 is 11.6 Å². The molecule has 0 radical (unpaired) electrons. The highest BCUT2D eigenvalue weighted by molar-refractivity contribution is 6.30. The predicted molar refractivity (Wildman–Crippen MR) is 69.2 cm³/mol. The Bertz CT molecular complexity index is 508. The molecule has 0 aliphatic rings. The van der Waals surface area contributed by atoms with Gasteiger partial charge >= 0.3 is 0 Å². The molecule has 2 N–H and O–H groups in total. The minimum Gasteiger partial charge on any atom is -0.318 e. The first-order valence-corrected chi connectivity index (χ1v) is 5.66. The van der Waals surface area contributed by atoms with Crippen molar-refractivity contribution in [1.29, 1.82) is 0 Å². The fraction of sp³-hybridized carbons (Fsp3) is 0.0714. The van der Waals surface area contributed by atoms with Gasteiger partial charge in [-0.05, 0) is 29.8 Å². The summed E-state index contributed by atoms with van der Waals surface area (Å²) in [7, 11) is 0. The zero-order valence-corrected chi connectivity index (χ0v) is 9.89. The molecule has 3 heteroatoms. The number of Topliss-reactive ketones (excluding diaryl/α,β-unsaturated/α-hetero) is 1. The van der Waals surface area contributed by atoms with Gasteiger partial charge in [0.1, 0.15) is 0 Å². The predicted octanol–water partition coefficient (Wildman–Crippen LogP) is 3.22. The highest BCUT2D eigenvalue weighted by atomic mass is 35.5. The summed E-state index contributed by atoms with van der Waals surface area (Å²) >= 11 is 5.77. The molecule has 0 aliphatic heterocycles. The number of benzene rings is 2. The minimum absolute atomic E-state index is 0.104. The number of halogens is 1. The van der Waals surface area contributed by atoms with Crippen molar-refractivity contribution >= 4 is 17.4 Å². The van der Waals surface area contributed by atoms with Gasteiger partial charge in [-0.3, -0.25) is 4.79 Å². The molecular formula is C14H12ClNO. The van der Waals surface area contributed by atoms with E-state index in [-0.39, 0.29) is 5.78 Å². The van der Waals surface area contributed by atoms with Gasteiger partial charge in [0.05, 0.1) is 6.04 Å². The molecule has 0 fully saturated rings. The summed E-state index contributed by atoms with van der Waals surface area (Å²) in [5.74, 6) is -0.104. The van der Waals surface area contributed by atoms with E-state index < -0.39 is 6.04 Å². The molecule has 0 spiro atoms. The smallest absolute Gasteiger partial charge is 0.184 e. The lowest BCUT2D eigenvalue weighted by molar-refractivity contribution is 0.0961. The van der Waals surface area contributed by atoms with Gasteiger partial charge in [-0.15, -0.1) is 0 Å². The van der Waals surface area contributed by atoms with Crippen LogP contribution in [0.25, 0.3) is 0 Å². The first-order chi connectivity index (χ1) is 8.18. The molecule has 17 heavy (non-hydrogen) atoms. The van der Waals surface area contributed by atoms with Crippen molar-refractivity contribution in [2.45, 2.75) is 6.04 Å². The second-order valence-corrected chi connectivity index (χ2v) is 4.20. The average Bonchev–Trinajstić information content (AvgIpc) is 2.39. The molecule has 2 aromatic carbocycles. The van der Waals surface area contributed by atoms with Gasteiger partial charge in [0.2, 0.25) is 0 Å². The van der Waals surface area contributed by atoms with Crippen LogP contribution in [0.1, 0.15) is 22.0 Å². The fourth-order valence-corrected chi connectivity index (χ4v) is 1.73. The van der Waals surface area contributed by atoms with Gasteiger partial charge in [0, 0.05) is 10.6 Å². The molecule has 1 unspecified atom stereocenters. The Balaban J connectivity index is 2.23. The minimum atomic E-state index is -0.627. The van der Waals surface area contributed by atoms with Gasteiger partial charge in [0.25, 0.3) is 0 Å². The summed E-state index contributed by atoms with van der Waals surface area (Å²) < 4.78 is 0. The summed E-state index contributed by atoms with van der Waals surface area (Å²) in [4.78, 5) is 12.1. The number of ketones is 1. The summed E-state index contributed by atoms with van der Waals surface area (Å²) in [5.41, 5.74) is 7.31. The van der Waals surface area contributed by atoms with E-state index in [4.69, 9.17) is 17.3 Å². The lowest BCUT2D eigenvalue weighted by atomic mass is 9.98. The topological polar surface area (TPSA) is 43.1 Å². The average molecular weight is 246 g/mol. The van der Waals surface area contributed by atoms with Gasteiger partial charge < -0.3 is 5.73 Å². The van der Waals surface area contributed by atoms with E-state index >= 15 is 0 Å². The van der Waals surface area contributed by atoms with Crippen molar-refractivity contribution in [3.63, 3.8) is 0 Å². The number of nitrogens with two attached hydrogens (primary N) is 1. The summed E-state index contributed by atoms with van der Waals surface area (Å²) in [6, 6.07) is 15.4. The number of hydrogen-bond donors (Lipinski definition) is 1. The second kappa shape index (κ2) is 5.13. The van der Waals surface area contributed by atoms with Crippen LogP contribution in [-0.2, 0) is 0 Å². The van der Waals surface area contributed by atoms with Crippen molar-refractivity contribution in [3.05, 3.63) is 70.7 Å². The summed E-state index contributed by atoms with van der Waals surface area (Å²) in [6.07, 6.45) is 0. The third-order valence-electron chi connectivity index (χ3n) is 2.57. The van der Waals surface area contributed by atoms with Crippen LogP contribution in [0.15, 0.2) is 54.6 Å². The lowest BCUT2D eigenvalue weighted by Crippen LogP contribution is -2.21. The first-order valence-electron chi connectivity index (χ1n) is 5.29. The van der Waals surface area contributed by atoms with Gasteiger partial charge in [0.15, 0.2) is 5.78 Å². The largest absolute Gasteiger partial charge is 0.318 e. The van der Waals surface area contributed by atoms with Gasteiger partial charge in [-0.25, -0.2) is 0 Å². The van der Waals surface area contributed by atoms with Gasteiger partial charge in [-0.2, -0.15) is 0 Å². The molecule has 2 rings (SSSR count). The second-order valence-electron chi connectivity index (χ2n) is 3.76. The summed E-state index contributed by atoms with van der Waals surface area (Å²) in [5, 5.41) is 0.606. The maximum Gasteiger partial charge on any atom is 0.184 e. The molecule has 0 aromatic heterocycles. The zero-order chi connectivity index (χ0) is 12.3. The standard InChI is InChI=1S/C14H12ClNO/c15-12-8-6-11(7-9-12)14(17)13(16)10-4-2-1-3-5-10/h1-9,13H,16H2. The van der Waals surface area contributed by atoms with E-state index in [0.29, 0.717) is 10.6 Å². The third kappa shape index (κ3) is 2.73. The monoisotopic (exact) mass is 245 g/mol. The zero-order valence-electron chi connectivity index (χ0n) is 9.14. The maximum absolute atomic E-state index is 12.1. The van der Waals surface area contributed by atoms with Crippen LogP contribution in [-0.4, -0.2) is 5.78 Å². The van der Waals surface area contributed by atoms with E-state index in [0.717, 1.165) is 5.56 Å². The van der Waals surface area contributed by atoms with Gasteiger partial charge in [-0.1, -0.05) is 41.9 Å². The molecule has 0 aliphatic carbocycles. The van der Waals surface area contributed by atoms with Crippen LogP contribution < -0.4 is 5.73 Å². The van der Waals surface area contributed by atoms with Crippen molar-refractivity contribution in [1.82, 2.24) is 0 Å². The molecule has 1 atom stereocenters. The number of carbonyl (C=O) groups is 1. The molecule has 0 bridgehead atoms. The first kappa shape index (κ1) is 11.8. The third-order valence-corrected chi connectivity index (χ3v) is 2.82. The summed E-state index contributed by atoms with van der Waals surface area (Å²) in [6.45, 7) is 0. The molecule has 2 aromatic rings. The highest BCUT2D eigenvalue weighted by Gasteiger charge is 2.16. The van der Waals surface area contributed by atoms with E-state index in [1.807, 2.05) is 30.3 Å². The van der Waals surface area contributed by atoms with Crippen molar-refractivity contribution < 1.29 is 4.79 Å². The van der Waals surface area contributed by atoms with E-state index in [9.17, 15) is 4.79 Å². The van der Waals surface area contributed by atoms with E-state index in [1.54, 1.807) is 24.3 Å². The maximum atomic E-state index is 12.1. The van der Waals surface area contributed by atoms with Crippen LogP contribution in [0.3, 0.4) is 0 Å². The highest BCUT2D eigenvalue weighted by Crippen LogP contribution is 2.17. The molecule has 0 amide bonds.